The summed E-state index contributed by atoms with van der Waals surface area (Å²) in [5.41, 5.74) is 6.54. The van der Waals surface area contributed by atoms with E-state index in [0.29, 0.717) is 5.54 Å². The second kappa shape index (κ2) is 6.19. The Balaban J connectivity index is 1.97. The Labute approximate surface area is 107 Å². The first kappa shape index (κ1) is 13.4. The number of likely N-dealkylation sites (tertiary alicyclic amines) is 1. The highest BCUT2D eigenvalue weighted by Gasteiger charge is 2.38. The van der Waals surface area contributed by atoms with Gasteiger partial charge in [0.2, 0.25) is 0 Å². The molecule has 0 aromatic carbocycles. The minimum atomic E-state index is 0.374. The minimum Gasteiger partial charge on any atom is -0.329 e. The molecule has 1 aliphatic heterocycles. The van der Waals surface area contributed by atoms with Crippen molar-refractivity contribution >= 4 is 0 Å². The van der Waals surface area contributed by atoms with Crippen LogP contribution in [0.3, 0.4) is 0 Å². The highest BCUT2D eigenvalue weighted by molar-refractivity contribution is 4.95. The molecule has 0 radical (unpaired) electrons. The third-order valence-corrected chi connectivity index (χ3v) is 5.13. The number of hydrogen-bond donors (Lipinski definition) is 1. The van der Waals surface area contributed by atoms with Gasteiger partial charge in [-0.05, 0) is 51.1 Å². The predicted molar refractivity (Wildman–Crippen MR) is 74.1 cm³/mol. The van der Waals surface area contributed by atoms with Gasteiger partial charge < -0.3 is 5.73 Å². The van der Waals surface area contributed by atoms with Gasteiger partial charge in [-0.25, -0.2) is 0 Å². The zero-order valence-electron chi connectivity index (χ0n) is 11.6. The average Bonchev–Trinajstić information content (AvgIpc) is 2.80. The molecule has 0 amide bonds. The van der Waals surface area contributed by atoms with Gasteiger partial charge in [0.25, 0.3) is 0 Å². The lowest BCUT2D eigenvalue weighted by molar-refractivity contribution is 0.104. The molecule has 2 unspecified atom stereocenters. The largest absolute Gasteiger partial charge is 0.329 e. The highest BCUT2D eigenvalue weighted by Crippen LogP contribution is 2.37. The van der Waals surface area contributed by atoms with Gasteiger partial charge in [0, 0.05) is 12.1 Å². The number of nitrogens with zero attached hydrogens (tertiary/aromatic N) is 1. The molecule has 2 nitrogen and oxygen atoms in total. The fraction of sp³-hybridized carbons (Fsp3) is 1.00. The lowest BCUT2D eigenvalue weighted by atomic mass is 9.87. The van der Waals surface area contributed by atoms with E-state index in [9.17, 15) is 0 Å². The molecule has 2 heteroatoms. The van der Waals surface area contributed by atoms with E-state index >= 15 is 0 Å². The molecule has 17 heavy (non-hydrogen) atoms. The third-order valence-electron chi connectivity index (χ3n) is 5.13. The Kier molecular flexibility index (Phi) is 4.87. The van der Waals surface area contributed by atoms with E-state index in [1.54, 1.807) is 0 Å². The van der Waals surface area contributed by atoms with E-state index in [-0.39, 0.29) is 0 Å². The van der Waals surface area contributed by atoms with Crippen molar-refractivity contribution in [2.75, 3.05) is 19.6 Å². The molecular formula is C15H30N2. The molecule has 0 bridgehead atoms. The maximum Gasteiger partial charge on any atom is 0.0331 e. The van der Waals surface area contributed by atoms with E-state index < -0.39 is 0 Å². The number of rotatable bonds is 4. The van der Waals surface area contributed by atoms with Crippen LogP contribution >= 0.6 is 0 Å². The van der Waals surface area contributed by atoms with Crippen LogP contribution in [0.2, 0.25) is 0 Å². The molecule has 1 aliphatic carbocycles. The second-order valence-electron chi connectivity index (χ2n) is 6.21. The monoisotopic (exact) mass is 238 g/mol. The summed E-state index contributed by atoms with van der Waals surface area (Å²) in [4.78, 5) is 2.72. The maximum atomic E-state index is 6.17. The topological polar surface area (TPSA) is 29.3 Å². The SMILES string of the molecule is CCCC1CCCC(CN)(N2CCCC2)CC1. The molecule has 0 aromatic heterocycles. The Hall–Kier alpha value is -0.0800. The van der Waals surface area contributed by atoms with Gasteiger partial charge in [-0.3, -0.25) is 4.90 Å². The smallest absolute Gasteiger partial charge is 0.0331 e. The van der Waals surface area contributed by atoms with Crippen LogP contribution in [0.15, 0.2) is 0 Å². The van der Waals surface area contributed by atoms with Crippen molar-refractivity contribution in [3.8, 4) is 0 Å². The van der Waals surface area contributed by atoms with Crippen LogP contribution in [0.4, 0.5) is 0 Å². The fourth-order valence-electron chi connectivity index (χ4n) is 4.00. The summed E-state index contributed by atoms with van der Waals surface area (Å²) < 4.78 is 0. The second-order valence-corrected chi connectivity index (χ2v) is 6.21. The zero-order valence-corrected chi connectivity index (χ0v) is 11.6. The summed E-state index contributed by atoms with van der Waals surface area (Å²) in [5.74, 6) is 0.982. The molecule has 0 aromatic rings. The standard InChI is InChI=1S/C15H30N2/c1-2-6-14-7-5-9-15(13-16,10-8-14)17-11-3-4-12-17/h14H,2-13,16H2,1H3. The quantitative estimate of drug-likeness (QED) is 0.762. The Morgan fingerprint density at radius 3 is 2.53 bits per heavy atom. The van der Waals surface area contributed by atoms with Gasteiger partial charge in [-0.15, -0.1) is 0 Å². The van der Waals surface area contributed by atoms with E-state index in [1.165, 1.54) is 70.9 Å². The van der Waals surface area contributed by atoms with Crippen molar-refractivity contribution in [2.45, 2.75) is 70.3 Å². The van der Waals surface area contributed by atoms with Crippen LogP contribution in [0.5, 0.6) is 0 Å². The first-order chi connectivity index (χ1) is 8.30. The van der Waals surface area contributed by atoms with Crippen LogP contribution in [0.1, 0.15) is 64.7 Å². The van der Waals surface area contributed by atoms with Gasteiger partial charge in [-0.1, -0.05) is 32.6 Å². The molecule has 1 heterocycles. The Morgan fingerprint density at radius 1 is 1.12 bits per heavy atom. The average molecular weight is 238 g/mol. The van der Waals surface area contributed by atoms with Crippen molar-refractivity contribution in [3.05, 3.63) is 0 Å². The van der Waals surface area contributed by atoms with Crippen LogP contribution in [-0.2, 0) is 0 Å². The summed E-state index contributed by atoms with van der Waals surface area (Å²) >= 11 is 0. The Morgan fingerprint density at radius 2 is 1.88 bits per heavy atom. The van der Waals surface area contributed by atoms with Gasteiger partial charge >= 0.3 is 0 Å². The van der Waals surface area contributed by atoms with Gasteiger partial charge in [0.05, 0.1) is 0 Å². The molecule has 2 rings (SSSR count). The van der Waals surface area contributed by atoms with Crippen molar-refractivity contribution in [3.63, 3.8) is 0 Å². The maximum absolute atomic E-state index is 6.17. The van der Waals surface area contributed by atoms with Crippen LogP contribution in [0.25, 0.3) is 0 Å². The van der Waals surface area contributed by atoms with Crippen molar-refractivity contribution in [2.24, 2.45) is 11.7 Å². The zero-order chi connectivity index (χ0) is 12.1. The molecule has 1 saturated carbocycles. The Bertz CT molecular complexity index is 223. The molecule has 2 atom stereocenters. The first-order valence-corrected chi connectivity index (χ1v) is 7.76. The molecular weight excluding hydrogens is 208 g/mol. The number of nitrogens with two attached hydrogens (primary N) is 1. The number of hydrogen-bond acceptors (Lipinski definition) is 2. The van der Waals surface area contributed by atoms with Crippen molar-refractivity contribution < 1.29 is 0 Å². The summed E-state index contributed by atoms with van der Waals surface area (Å²) in [7, 11) is 0. The van der Waals surface area contributed by atoms with Crippen molar-refractivity contribution in [1.29, 1.82) is 0 Å². The summed E-state index contributed by atoms with van der Waals surface area (Å²) in [6.45, 7) is 5.80. The van der Waals surface area contributed by atoms with E-state index in [2.05, 4.69) is 11.8 Å². The van der Waals surface area contributed by atoms with Gasteiger partial charge in [0.15, 0.2) is 0 Å². The molecule has 2 N–H and O–H groups in total. The molecule has 2 fully saturated rings. The van der Waals surface area contributed by atoms with Gasteiger partial charge in [0.1, 0.15) is 0 Å². The van der Waals surface area contributed by atoms with Crippen molar-refractivity contribution in [1.82, 2.24) is 4.90 Å². The van der Waals surface area contributed by atoms with Crippen LogP contribution in [-0.4, -0.2) is 30.1 Å². The lowest BCUT2D eigenvalue weighted by Gasteiger charge is -2.41. The fourth-order valence-corrected chi connectivity index (χ4v) is 4.00. The van der Waals surface area contributed by atoms with E-state index in [1.807, 2.05) is 0 Å². The van der Waals surface area contributed by atoms with Gasteiger partial charge in [-0.2, -0.15) is 0 Å². The third kappa shape index (κ3) is 3.03. The summed E-state index contributed by atoms with van der Waals surface area (Å²) in [6, 6.07) is 0. The normalized spacial score (nSPS) is 36.0. The predicted octanol–water partition coefficient (Wildman–Crippen LogP) is 3.16. The van der Waals surface area contributed by atoms with Crippen LogP contribution < -0.4 is 5.73 Å². The molecule has 100 valence electrons. The van der Waals surface area contributed by atoms with Crippen LogP contribution in [0, 0.1) is 5.92 Å². The van der Waals surface area contributed by atoms with E-state index in [0.717, 1.165) is 12.5 Å². The summed E-state index contributed by atoms with van der Waals surface area (Å²) in [5, 5.41) is 0. The highest BCUT2D eigenvalue weighted by atomic mass is 15.2. The molecule has 1 saturated heterocycles. The first-order valence-electron chi connectivity index (χ1n) is 7.76. The van der Waals surface area contributed by atoms with E-state index in [4.69, 9.17) is 5.73 Å². The lowest BCUT2D eigenvalue weighted by Crippen LogP contribution is -2.52. The molecule has 0 spiro atoms. The minimum absolute atomic E-state index is 0.374. The molecule has 2 aliphatic rings. The summed E-state index contributed by atoms with van der Waals surface area (Å²) in [6.07, 6.45) is 12.5.